The maximum atomic E-state index is 12.7. The molecule has 0 spiro atoms. The Kier molecular flexibility index (Phi) is 6.72. The lowest BCUT2D eigenvalue weighted by molar-refractivity contribution is -0.137. The first-order valence-corrected chi connectivity index (χ1v) is 11.0. The lowest BCUT2D eigenvalue weighted by atomic mass is 10.2. The molecule has 0 unspecified atom stereocenters. The normalized spacial score (nSPS) is 14.4. The highest BCUT2D eigenvalue weighted by molar-refractivity contribution is 7.99. The van der Waals surface area contributed by atoms with Gasteiger partial charge in [0.15, 0.2) is 0 Å². The van der Waals surface area contributed by atoms with Gasteiger partial charge in [0, 0.05) is 37.9 Å². The summed E-state index contributed by atoms with van der Waals surface area (Å²) in [4.78, 5) is 20.0. The zero-order valence-corrected chi connectivity index (χ0v) is 18.4. The standard InChI is InChI=1S/C21H20F3N5O3S/c1-31-16-5-2-14(3-6-16)19-26-27-20(32-19)33-13-18(30)29-10-8-28(9-11-29)17-7-4-15(12-25-17)21(22,23)24/h2-7,12H,8-11,13H2,1H3. The van der Waals surface area contributed by atoms with Gasteiger partial charge in [0.25, 0.3) is 5.22 Å². The van der Waals surface area contributed by atoms with E-state index in [1.165, 1.54) is 6.07 Å². The average Bonchev–Trinajstić information content (AvgIpc) is 3.31. The quantitative estimate of drug-likeness (QED) is 0.496. The summed E-state index contributed by atoms with van der Waals surface area (Å²) in [6, 6.07) is 9.55. The maximum Gasteiger partial charge on any atom is 0.417 e. The van der Waals surface area contributed by atoms with Crippen LogP contribution in [-0.4, -0.2) is 65.0 Å². The van der Waals surface area contributed by atoms with E-state index in [0.29, 0.717) is 48.9 Å². The molecule has 0 radical (unpaired) electrons. The number of benzene rings is 1. The van der Waals surface area contributed by atoms with Gasteiger partial charge in [0.05, 0.1) is 18.4 Å². The molecular weight excluding hydrogens is 459 g/mol. The number of alkyl halides is 3. The largest absolute Gasteiger partial charge is 0.497 e. The van der Waals surface area contributed by atoms with E-state index in [2.05, 4.69) is 15.2 Å². The molecule has 0 N–H and O–H groups in total. The highest BCUT2D eigenvalue weighted by Gasteiger charge is 2.31. The van der Waals surface area contributed by atoms with Crippen molar-refractivity contribution >= 4 is 23.5 Å². The SMILES string of the molecule is COc1ccc(-c2nnc(SCC(=O)N3CCN(c4ccc(C(F)(F)F)cn4)CC3)o2)cc1. The summed E-state index contributed by atoms with van der Waals surface area (Å²) in [6.45, 7) is 1.86. The number of hydrogen-bond donors (Lipinski definition) is 0. The van der Waals surface area contributed by atoms with Crippen molar-refractivity contribution in [3.05, 3.63) is 48.2 Å². The smallest absolute Gasteiger partial charge is 0.417 e. The third kappa shape index (κ3) is 5.56. The predicted octanol–water partition coefficient (Wildman–Crippen LogP) is 3.60. The van der Waals surface area contributed by atoms with Crippen LogP contribution in [-0.2, 0) is 11.0 Å². The molecule has 8 nitrogen and oxygen atoms in total. The summed E-state index contributed by atoms with van der Waals surface area (Å²) in [5.74, 6) is 1.59. The van der Waals surface area contributed by atoms with Crippen LogP contribution >= 0.6 is 11.8 Å². The molecule has 0 saturated carbocycles. The van der Waals surface area contributed by atoms with E-state index in [4.69, 9.17) is 9.15 Å². The number of thioether (sulfide) groups is 1. The minimum absolute atomic E-state index is 0.0794. The summed E-state index contributed by atoms with van der Waals surface area (Å²) in [6.07, 6.45) is -3.59. The van der Waals surface area contributed by atoms with Crippen molar-refractivity contribution < 1.29 is 27.1 Å². The van der Waals surface area contributed by atoms with E-state index in [1.54, 1.807) is 36.3 Å². The first-order chi connectivity index (χ1) is 15.8. The van der Waals surface area contributed by atoms with E-state index in [0.717, 1.165) is 29.6 Å². The number of aromatic nitrogens is 3. The Hall–Kier alpha value is -3.28. The van der Waals surface area contributed by atoms with Crippen LogP contribution in [0.5, 0.6) is 5.75 Å². The fraction of sp³-hybridized carbons (Fsp3) is 0.333. The van der Waals surface area contributed by atoms with Gasteiger partial charge in [0.2, 0.25) is 11.8 Å². The number of nitrogens with zero attached hydrogens (tertiary/aromatic N) is 5. The molecule has 0 aliphatic carbocycles. The second-order valence-corrected chi connectivity index (χ2v) is 8.09. The van der Waals surface area contributed by atoms with E-state index in [1.807, 2.05) is 4.90 Å². The van der Waals surface area contributed by atoms with Gasteiger partial charge in [0.1, 0.15) is 11.6 Å². The lowest BCUT2D eigenvalue weighted by Gasteiger charge is -2.35. The highest BCUT2D eigenvalue weighted by Crippen LogP contribution is 2.29. The summed E-state index contributed by atoms with van der Waals surface area (Å²) >= 11 is 1.16. The molecule has 1 aliphatic heterocycles. The van der Waals surface area contributed by atoms with Crippen LogP contribution in [0.25, 0.3) is 11.5 Å². The predicted molar refractivity (Wildman–Crippen MR) is 115 cm³/mol. The topological polar surface area (TPSA) is 84.6 Å². The molecule has 3 heterocycles. The fourth-order valence-corrected chi connectivity index (χ4v) is 3.92. The number of halogens is 3. The Balaban J connectivity index is 1.26. The van der Waals surface area contributed by atoms with Gasteiger partial charge in [-0.3, -0.25) is 4.79 Å². The van der Waals surface area contributed by atoms with E-state index < -0.39 is 11.7 Å². The Bertz CT molecular complexity index is 1080. The van der Waals surface area contributed by atoms with Gasteiger partial charge < -0.3 is 19.0 Å². The Morgan fingerprint density at radius 3 is 2.42 bits per heavy atom. The van der Waals surface area contributed by atoms with Gasteiger partial charge in [-0.25, -0.2) is 4.98 Å². The van der Waals surface area contributed by atoms with Crippen LogP contribution in [0.2, 0.25) is 0 Å². The van der Waals surface area contributed by atoms with Crippen LogP contribution in [0.3, 0.4) is 0 Å². The first kappa shape index (κ1) is 22.9. The summed E-state index contributed by atoms with van der Waals surface area (Å²) in [5.41, 5.74) is -0.0391. The molecule has 4 rings (SSSR count). The number of piperazine rings is 1. The van der Waals surface area contributed by atoms with Gasteiger partial charge in [-0.15, -0.1) is 10.2 Å². The number of rotatable bonds is 6. The summed E-state index contributed by atoms with van der Waals surface area (Å²) in [5, 5.41) is 8.28. The molecule has 0 bridgehead atoms. The third-order valence-corrected chi connectivity index (χ3v) is 5.90. The van der Waals surface area contributed by atoms with Gasteiger partial charge in [-0.05, 0) is 36.4 Å². The van der Waals surface area contributed by atoms with Crippen molar-refractivity contribution in [1.82, 2.24) is 20.1 Å². The van der Waals surface area contributed by atoms with E-state index >= 15 is 0 Å². The number of pyridine rings is 1. The minimum Gasteiger partial charge on any atom is -0.497 e. The molecule has 1 fully saturated rings. The molecule has 1 saturated heterocycles. The Morgan fingerprint density at radius 1 is 1.09 bits per heavy atom. The first-order valence-electron chi connectivity index (χ1n) is 10.00. The van der Waals surface area contributed by atoms with Crippen molar-refractivity contribution in [3.63, 3.8) is 0 Å². The molecule has 1 aromatic carbocycles. The van der Waals surface area contributed by atoms with Crippen LogP contribution in [0.1, 0.15) is 5.56 Å². The van der Waals surface area contributed by atoms with Gasteiger partial charge in [-0.2, -0.15) is 13.2 Å². The molecule has 0 atom stereocenters. The highest BCUT2D eigenvalue weighted by atomic mass is 32.2. The summed E-state index contributed by atoms with van der Waals surface area (Å²) < 4.78 is 48.8. The number of carbonyl (C=O) groups is 1. The van der Waals surface area contributed by atoms with Crippen LogP contribution in [0, 0.1) is 0 Å². The van der Waals surface area contributed by atoms with E-state index in [9.17, 15) is 18.0 Å². The molecule has 12 heteroatoms. The lowest BCUT2D eigenvalue weighted by Crippen LogP contribution is -2.49. The monoisotopic (exact) mass is 479 g/mol. The van der Waals surface area contributed by atoms with Crippen LogP contribution in [0.4, 0.5) is 19.0 Å². The molecule has 2 aromatic heterocycles. The van der Waals surface area contributed by atoms with Gasteiger partial charge in [-0.1, -0.05) is 11.8 Å². The number of amides is 1. The van der Waals surface area contributed by atoms with E-state index in [-0.39, 0.29) is 11.7 Å². The Morgan fingerprint density at radius 2 is 1.82 bits per heavy atom. The van der Waals surface area contributed by atoms with Crippen molar-refractivity contribution in [2.75, 3.05) is 43.9 Å². The van der Waals surface area contributed by atoms with Gasteiger partial charge >= 0.3 is 6.18 Å². The summed E-state index contributed by atoms with van der Waals surface area (Å²) in [7, 11) is 1.58. The molecule has 33 heavy (non-hydrogen) atoms. The van der Waals surface area contributed by atoms with Crippen molar-refractivity contribution in [1.29, 1.82) is 0 Å². The second-order valence-electron chi connectivity index (χ2n) is 7.16. The molecule has 174 valence electrons. The average molecular weight is 479 g/mol. The minimum atomic E-state index is -4.41. The van der Waals surface area contributed by atoms with Crippen molar-refractivity contribution in [2.45, 2.75) is 11.4 Å². The number of methoxy groups -OCH3 is 1. The molecular formula is C21H20F3N5O3S. The molecule has 1 amide bonds. The van der Waals surface area contributed by atoms with Crippen LogP contribution in [0.15, 0.2) is 52.2 Å². The Labute approximate surface area is 191 Å². The fourth-order valence-electron chi connectivity index (χ4n) is 3.26. The number of carbonyl (C=O) groups excluding carboxylic acids is 1. The number of anilines is 1. The number of hydrogen-bond acceptors (Lipinski definition) is 8. The van der Waals surface area contributed by atoms with Crippen LogP contribution < -0.4 is 9.64 Å². The van der Waals surface area contributed by atoms with Crippen molar-refractivity contribution in [2.24, 2.45) is 0 Å². The molecule has 3 aromatic rings. The van der Waals surface area contributed by atoms with Crippen molar-refractivity contribution in [3.8, 4) is 17.2 Å². The number of ether oxygens (including phenoxy) is 1. The third-order valence-electron chi connectivity index (χ3n) is 5.09. The molecule has 1 aliphatic rings. The second kappa shape index (κ2) is 9.69. The maximum absolute atomic E-state index is 12.7. The zero-order valence-electron chi connectivity index (χ0n) is 17.6. The zero-order chi connectivity index (χ0) is 23.4.